The van der Waals surface area contributed by atoms with E-state index in [-0.39, 0.29) is 24.3 Å². The lowest BCUT2D eigenvalue weighted by atomic mass is 10.1. The highest BCUT2D eigenvalue weighted by Crippen LogP contribution is 2.28. The van der Waals surface area contributed by atoms with Gasteiger partial charge in [-0.05, 0) is 31.0 Å². The first-order chi connectivity index (χ1) is 11.0. The van der Waals surface area contributed by atoms with Gasteiger partial charge in [-0.1, -0.05) is 18.5 Å². The van der Waals surface area contributed by atoms with Gasteiger partial charge in [0.2, 0.25) is 11.8 Å². The molecule has 2 heterocycles. The van der Waals surface area contributed by atoms with Crippen LogP contribution in [0.25, 0.3) is 11.0 Å². The topological polar surface area (TPSA) is 62.6 Å². The van der Waals surface area contributed by atoms with E-state index in [1.54, 1.807) is 11.2 Å². The van der Waals surface area contributed by atoms with E-state index < -0.39 is 0 Å². The second-order valence-electron chi connectivity index (χ2n) is 5.84. The summed E-state index contributed by atoms with van der Waals surface area (Å²) in [6.07, 6.45) is 2.41. The van der Waals surface area contributed by atoms with E-state index in [9.17, 15) is 9.59 Å². The summed E-state index contributed by atoms with van der Waals surface area (Å²) in [5.41, 5.74) is 2.45. The molecular weight excluding hydrogens is 316 g/mol. The van der Waals surface area contributed by atoms with E-state index in [4.69, 9.17) is 16.0 Å². The van der Waals surface area contributed by atoms with Gasteiger partial charge in [0.15, 0.2) is 0 Å². The number of fused-ring (bicyclic) bond motifs is 1. The van der Waals surface area contributed by atoms with E-state index in [0.717, 1.165) is 22.1 Å². The average molecular weight is 335 g/mol. The van der Waals surface area contributed by atoms with Gasteiger partial charge in [0.1, 0.15) is 11.6 Å². The fourth-order valence-corrected chi connectivity index (χ4v) is 3.19. The fourth-order valence-electron chi connectivity index (χ4n) is 3.02. The van der Waals surface area contributed by atoms with Gasteiger partial charge in [-0.2, -0.15) is 0 Å². The Morgan fingerprint density at radius 1 is 1.48 bits per heavy atom. The first kappa shape index (κ1) is 15.9. The maximum absolute atomic E-state index is 12.6. The molecule has 0 unspecified atom stereocenters. The normalized spacial score (nSPS) is 18.3. The summed E-state index contributed by atoms with van der Waals surface area (Å²) in [4.78, 5) is 26.2. The number of hydrogen-bond donors (Lipinski definition) is 1. The zero-order valence-electron chi connectivity index (χ0n) is 13.2. The lowest BCUT2D eigenvalue weighted by molar-refractivity contribution is -0.142. The SMILES string of the molecule is CC[C@H]1C(=O)NCCN1C(=O)Cc1coc2cc(C)c(Cl)cc12. The van der Waals surface area contributed by atoms with Crippen molar-refractivity contribution < 1.29 is 14.0 Å². The molecule has 1 atom stereocenters. The molecule has 122 valence electrons. The minimum Gasteiger partial charge on any atom is -0.464 e. The van der Waals surface area contributed by atoms with Crippen LogP contribution in [0.1, 0.15) is 24.5 Å². The predicted octanol–water partition coefficient (Wildman–Crippen LogP) is 2.67. The van der Waals surface area contributed by atoms with Crippen LogP contribution < -0.4 is 5.32 Å². The third kappa shape index (κ3) is 2.93. The summed E-state index contributed by atoms with van der Waals surface area (Å²) < 4.78 is 5.54. The maximum atomic E-state index is 12.6. The van der Waals surface area contributed by atoms with Gasteiger partial charge in [0, 0.05) is 29.1 Å². The Balaban J connectivity index is 1.85. The van der Waals surface area contributed by atoms with Crippen LogP contribution >= 0.6 is 11.6 Å². The van der Waals surface area contributed by atoms with Crippen molar-refractivity contribution in [2.24, 2.45) is 0 Å². The molecule has 1 fully saturated rings. The molecule has 1 saturated heterocycles. The van der Waals surface area contributed by atoms with Crippen molar-refractivity contribution in [3.8, 4) is 0 Å². The number of halogens is 1. The van der Waals surface area contributed by atoms with Gasteiger partial charge in [-0.3, -0.25) is 9.59 Å². The first-order valence-electron chi connectivity index (χ1n) is 7.74. The van der Waals surface area contributed by atoms with Crippen molar-refractivity contribution in [1.29, 1.82) is 0 Å². The zero-order chi connectivity index (χ0) is 16.6. The van der Waals surface area contributed by atoms with Gasteiger partial charge in [-0.25, -0.2) is 0 Å². The lowest BCUT2D eigenvalue weighted by Crippen LogP contribution is -2.57. The van der Waals surface area contributed by atoms with Crippen molar-refractivity contribution in [2.45, 2.75) is 32.7 Å². The summed E-state index contributed by atoms with van der Waals surface area (Å²) in [7, 11) is 0. The van der Waals surface area contributed by atoms with Crippen LogP contribution in [0.2, 0.25) is 5.02 Å². The Morgan fingerprint density at radius 2 is 2.26 bits per heavy atom. The van der Waals surface area contributed by atoms with Crippen LogP contribution in [0.5, 0.6) is 0 Å². The van der Waals surface area contributed by atoms with Crippen molar-refractivity contribution in [2.75, 3.05) is 13.1 Å². The molecule has 1 aromatic carbocycles. The number of aryl methyl sites for hydroxylation is 1. The zero-order valence-corrected chi connectivity index (χ0v) is 13.9. The molecule has 1 aliphatic heterocycles. The van der Waals surface area contributed by atoms with Crippen LogP contribution in [0, 0.1) is 6.92 Å². The lowest BCUT2D eigenvalue weighted by Gasteiger charge is -2.34. The van der Waals surface area contributed by atoms with Crippen LogP contribution in [0.15, 0.2) is 22.8 Å². The third-order valence-electron chi connectivity index (χ3n) is 4.31. The quantitative estimate of drug-likeness (QED) is 0.938. The summed E-state index contributed by atoms with van der Waals surface area (Å²) in [6, 6.07) is 3.31. The number of furan rings is 1. The Bertz CT molecular complexity index is 769. The number of nitrogens with zero attached hydrogens (tertiary/aromatic N) is 1. The Kier molecular flexibility index (Phi) is 4.31. The van der Waals surface area contributed by atoms with Crippen LogP contribution in [-0.4, -0.2) is 35.8 Å². The van der Waals surface area contributed by atoms with Crippen molar-refractivity contribution in [1.82, 2.24) is 10.2 Å². The van der Waals surface area contributed by atoms with Gasteiger partial charge in [0.05, 0.1) is 12.7 Å². The summed E-state index contributed by atoms with van der Waals surface area (Å²) in [5, 5.41) is 4.30. The number of piperazine rings is 1. The van der Waals surface area contributed by atoms with Crippen LogP contribution in [-0.2, 0) is 16.0 Å². The molecule has 0 radical (unpaired) electrons. The van der Waals surface area contributed by atoms with Gasteiger partial charge in [0.25, 0.3) is 0 Å². The molecule has 5 nitrogen and oxygen atoms in total. The number of carbonyl (C=O) groups is 2. The third-order valence-corrected chi connectivity index (χ3v) is 4.72. The van der Waals surface area contributed by atoms with Crippen molar-refractivity contribution in [3.63, 3.8) is 0 Å². The molecule has 3 rings (SSSR count). The summed E-state index contributed by atoms with van der Waals surface area (Å²) >= 11 is 6.18. The number of carbonyl (C=O) groups excluding carboxylic acids is 2. The Labute approximate surface area is 139 Å². The second kappa shape index (κ2) is 6.24. The number of benzene rings is 1. The summed E-state index contributed by atoms with van der Waals surface area (Å²) in [5.74, 6) is -0.145. The fraction of sp³-hybridized carbons (Fsp3) is 0.412. The molecule has 6 heteroatoms. The smallest absolute Gasteiger partial charge is 0.242 e. The molecule has 1 N–H and O–H groups in total. The molecule has 0 saturated carbocycles. The molecule has 0 aliphatic carbocycles. The van der Waals surface area contributed by atoms with Gasteiger partial charge >= 0.3 is 0 Å². The number of rotatable bonds is 3. The molecule has 0 spiro atoms. The average Bonchev–Trinajstić information content (AvgIpc) is 2.89. The molecule has 0 bridgehead atoms. The highest BCUT2D eigenvalue weighted by atomic mass is 35.5. The standard InChI is InChI=1S/C17H19ClN2O3/c1-3-14-17(22)19-4-5-20(14)16(21)7-11-9-23-15-6-10(2)13(18)8-12(11)15/h6,8-9,14H,3-5,7H2,1-2H3,(H,19,22)/t14-/m0/s1. The van der Waals surface area contributed by atoms with E-state index in [0.29, 0.717) is 24.5 Å². The van der Waals surface area contributed by atoms with E-state index >= 15 is 0 Å². The van der Waals surface area contributed by atoms with Crippen molar-refractivity contribution in [3.05, 3.63) is 34.5 Å². The van der Waals surface area contributed by atoms with Gasteiger partial charge in [-0.15, -0.1) is 0 Å². The van der Waals surface area contributed by atoms with E-state index in [2.05, 4.69) is 5.32 Å². The molecule has 1 aromatic heterocycles. The monoisotopic (exact) mass is 334 g/mol. The minimum atomic E-state index is -0.389. The first-order valence-corrected chi connectivity index (χ1v) is 8.12. The molecule has 1 aliphatic rings. The number of amides is 2. The minimum absolute atomic E-state index is 0.0638. The predicted molar refractivity (Wildman–Crippen MR) is 88.5 cm³/mol. The number of hydrogen-bond acceptors (Lipinski definition) is 3. The van der Waals surface area contributed by atoms with Crippen LogP contribution in [0.4, 0.5) is 0 Å². The molecule has 2 aromatic rings. The van der Waals surface area contributed by atoms with Crippen molar-refractivity contribution >= 4 is 34.4 Å². The maximum Gasteiger partial charge on any atom is 0.242 e. The van der Waals surface area contributed by atoms with E-state index in [1.165, 1.54) is 0 Å². The summed E-state index contributed by atoms with van der Waals surface area (Å²) in [6.45, 7) is 4.86. The largest absolute Gasteiger partial charge is 0.464 e. The van der Waals surface area contributed by atoms with Gasteiger partial charge < -0.3 is 14.6 Å². The molecule has 2 amide bonds. The molecular formula is C17H19ClN2O3. The Hall–Kier alpha value is -2.01. The number of nitrogens with one attached hydrogen (secondary N) is 1. The Morgan fingerprint density at radius 3 is 3.00 bits per heavy atom. The highest BCUT2D eigenvalue weighted by molar-refractivity contribution is 6.32. The second-order valence-corrected chi connectivity index (χ2v) is 6.24. The van der Waals surface area contributed by atoms with Crippen LogP contribution in [0.3, 0.4) is 0 Å². The van der Waals surface area contributed by atoms with E-state index in [1.807, 2.05) is 26.0 Å². The highest BCUT2D eigenvalue weighted by Gasteiger charge is 2.31. The molecule has 23 heavy (non-hydrogen) atoms.